The fraction of sp³-hybridized carbons (Fsp3) is 0.250. The molecule has 0 bridgehead atoms. The normalized spacial score (nSPS) is 22.6. The van der Waals surface area contributed by atoms with Crippen LogP contribution in [0.15, 0.2) is 30.3 Å². The van der Waals surface area contributed by atoms with Gasteiger partial charge in [0.25, 0.3) is 5.69 Å². The summed E-state index contributed by atoms with van der Waals surface area (Å²) in [4.78, 5) is 21.7. The molecule has 1 aliphatic heterocycles. The topological polar surface area (TPSA) is 72.7 Å². The van der Waals surface area contributed by atoms with Gasteiger partial charge in [-0.3, -0.25) is 14.9 Å². The van der Waals surface area contributed by atoms with Gasteiger partial charge in [0.05, 0.1) is 11.5 Å². The molecule has 1 atom stereocenters. The summed E-state index contributed by atoms with van der Waals surface area (Å²) in [6.45, 7) is 2.15. The van der Waals surface area contributed by atoms with Gasteiger partial charge < -0.3 is 4.74 Å². The van der Waals surface area contributed by atoms with Gasteiger partial charge in [-0.05, 0) is 18.6 Å². The van der Waals surface area contributed by atoms with Crippen molar-refractivity contribution in [3.05, 3.63) is 46.0 Å². The molecule has 1 fully saturated rings. The molecule has 88 valence electrons. The Labute approximate surface area is 97.9 Å². The monoisotopic (exact) mass is 233 g/mol. The van der Waals surface area contributed by atoms with Gasteiger partial charge in [0.2, 0.25) is 0 Å². The summed E-state index contributed by atoms with van der Waals surface area (Å²) in [7, 11) is 0. The zero-order valence-electron chi connectivity index (χ0n) is 9.25. The van der Waals surface area contributed by atoms with E-state index >= 15 is 0 Å². The molecule has 1 aliphatic rings. The Morgan fingerprint density at radius 3 is 2.88 bits per heavy atom. The second-order valence-corrected chi connectivity index (χ2v) is 4.07. The molecule has 0 radical (unpaired) electrons. The molecule has 1 aromatic carbocycles. The number of ether oxygens (including phenoxy) is 1. The highest BCUT2D eigenvalue weighted by Crippen LogP contribution is 2.27. The lowest BCUT2D eigenvalue weighted by Gasteiger charge is -1.97. The van der Waals surface area contributed by atoms with Gasteiger partial charge in [0.1, 0.15) is 0 Å². The Kier molecular flexibility index (Phi) is 2.77. The first kappa shape index (κ1) is 11.5. The van der Waals surface area contributed by atoms with Gasteiger partial charge in [-0.2, -0.15) is 0 Å². The minimum absolute atomic E-state index is 0.00785. The Morgan fingerprint density at radius 2 is 2.29 bits per heavy atom. The Bertz CT molecular complexity index is 503. The Morgan fingerprint density at radius 1 is 1.59 bits per heavy atom. The quantitative estimate of drug-likeness (QED) is 0.345. The fourth-order valence-corrected chi connectivity index (χ4v) is 1.34. The zero-order valence-corrected chi connectivity index (χ0v) is 9.25. The molecule has 2 rings (SSSR count). The van der Waals surface area contributed by atoms with E-state index in [1.54, 1.807) is 25.1 Å². The van der Waals surface area contributed by atoms with Crippen LogP contribution in [0.5, 0.6) is 0 Å². The summed E-state index contributed by atoms with van der Waals surface area (Å²) in [6.07, 6.45) is 2.95. The predicted octanol–water partition coefficient (Wildman–Crippen LogP) is 1.97. The van der Waals surface area contributed by atoms with Gasteiger partial charge >= 0.3 is 0 Å². The molecule has 0 saturated carbocycles. The molecule has 0 spiro atoms. The first-order valence-electron chi connectivity index (χ1n) is 5.12. The van der Waals surface area contributed by atoms with Crippen molar-refractivity contribution < 1.29 is 14.5 Å². The average Bonchev–Trinajstić information content (AvgIpc) is 3.06. The van der Waals surface area contributed by atoms with Crippen LogP contribution in [0.4, 0.5) is 5.69 Å². The first-order chi connectivity index (χ1) is 8.01. The number of nitro groups is 1. The molecule has 5 heteroatoms. The third kappa shape index (κ3) is 2.57. The van der Waals surface area contributed by atoms with Crippen molar-refractivity contribution >= 4 is 17.5 Å². The van der Waals surface area contributed by atoms with Crippen molar-refractivity contribution in [2.45, 2.75) is 12.5 Å². The summed E-state index contributed by atoms with van der Waals surface area (Å²) >= 11 is 0. The number of rotatable bonds is 4. The van der Waals surface area contributed by atoms with Crippen LogP contribution in [0, 0.1) is 10.1 Å². The van der Waals surface area contributed by atoms with E-state index < -0.39 is 10.5 Å². The molecule has 5 nitrogen and oxygen atoms in total. The third-order valence-corrected chi connectivity index (χ3v) is 2.61. The van der Waals surface area contributed by atoms with Gasteiger partial charge in [0, 0.05) is 12.1 Å². The van der Waals surface area contributed by atoms with Crippen LogP contribution in [0.1, 0.15) is 12.5 Å². The van der Waals surface area contributed by atoms with E-state index in [1.807, 2.05) is 0 Å². The second kappa shape index (κ2) is 4.10. The number of benzene rings is 1. The maximum atomic E-state index is 11.6. The first-order valence-corrected chi connectivity index (χ1v) is 5.12. The molecule has 0 N–H and O–H groups in total. The molecule has 0 unspecified atom stereocenters. The van der Waals surface area contributed by atoms with Gasteiger partial charge in [-0.25, -0.2) is 0 Å². The lowest BCUT2D eigenvalue weighted by molar-refractivity contribution is -0.384. The van der Waals surface area contributed by atoms with Crippen LogP contribution < -0.4 is 0 Å². The van der Waals surface area contributed by atoms with Crippen molar-refractivity contribution in [1.82, 2.24) is 0 Å². The number of hydrogen-bond donors (Lipinski definition) is 0. The number of nitrogens with zero attached hydrogens (tertiary/aromatic N) is 1. The SMILES string of the molecule is C[C@@]1(C(=O)/C=C/c2cccc([N+](=O)[O-])c2)CO1. The number of carbonyl (C=O) groups excluding carboxylic acids is 1. The molecule has 17 heavy (non-hydrogen) atoms. The van der Waals surface area contributed by atoms with Crippen LogP contribution in [0.3, 0.4) is 0 Å². The smallest absolute Gasteiger partial charge is 0.270 e. The molecule has 0 amide bonds. The van der Waals surface area contributed by atoms with Gasteiger partial charge in [-0.15, -0.1) is 0 Å². The maximum Gasteiger partial charge on any atom is 0.270 e. The van der Waals surface area contributed by atoms with Crippen LogP contribution in [-0.4, -0.2) is 22.9 Å². The highest BCUT2D eigenvalue weighted by molar-refractivity contribution is 6.01. The van der Waals surface area contributed by atoms with Crippen LogP contribution >= 0.6 is 0 Å². The van der Waals surface area contributed by atoms with Crippen molar-refractivity contribution in [2.75, 3.05) is 6.61 Å². The highest BCUT2D eigenvalue weighted by Gasteiger charge is 2.45. The maximum absolute atomic E-state index is 11.6. The van der Waals surface area contributed by atoms with Crippen molar-refractivity contribution in [3.8, 4) is 0 Å². The third-order valence-electron chi connectivity index (χ3n) is 2.61. The minimum Gasteiger partial charge on any atom is -0.361 e. The largest absolute Gasteiger partial charge is 0.361 e. The predicted molar refractivity (Wildman–Crippen MR) is 61.5 cm³/mol. The Hall–Kier alpha value is -2.01. The molecule has 0 aliphatic carbocycles. The average molecular weight is 233 g/mol. The van der Waals surface area contributed by atoms with E-state index in [1.165, 1.54) is 18.2 Å². The number of epoxide rings is 1. The summed E-state index contributed by atoms with van der Waals surface area (Å²) in [5.41, 5.74) is -0.0534. The zero-order chi connectivity index (χ0) is 12.5. The fourth-order valence-electron chi connectivity index (χ4n) is 1.34. The van der Waals surface area contributed by atoms with Crippen molar-refractivity contribution in [2.24, 2.45) is 0 Å². The van der Waals surface area contributed by atoms with Crippen LogP contribution in [0.2, 0.25) is 0 Å². The van der Waals surface area contributed by atoms with Gasteiger partial charge in [0.15, 0.2) is 11.4 Å². The lowest BCUT2D eigenvalue weighted by Crippen LogP contribution is -2.17. The van der Waals surface area contributed by atoms with Crippen molar-refractivity contribution in [1.29, 1.82) is 0 Å². The van der Waals surface area contributed by atoms with Crippen LogP contribution in [0.25, 0.3) is 6.08 Å². The molecule has 1 aromatic rings. The van der Waals surface area contributed by atoms with E-state index in [9.17, 15) is 14.9 Å². The van der Waals surface area contributed by atoms with Crippen LogP contribution in [-0.2, 0) is 9.53 Å². The molecular formula is C12H11NO4. The van der Waals surface area contributed by atoms with E-state index in [-0.39, 0.29) is 11.5 Å². The summed E-state index contributed by atoms with van der Waals surface area (Å²) < 4.78 is 5.00. The van der Waals surface area contributed by atoms with E-state index in [2.05, 4.69) is 0 Å². The highest BCUT2D eigenvalue weighted by atomic mass is 16.6. The second-order valence-electron chi connectivity index (χ2n) is 4.07. The number of nitro benzene ring substituents is 1. The number of hydrogen-bond acceptors (Lipinski definition) is 4. The van der Waals surface area contributed by atoms with E-state index in [0.717, 1.165) is 0 Å². The summed E-state index contributed by atoms with van der Waals surface area (Å²) in [6, 6.07) is 6.11. The van der Waals surface area contributed by atoms with E-state index in [0.29, 0.717) is 12.2 Å². The standard InChI is InChI=1S/C12H11NO4/c1-12(8-17-12)11(14)6-5-9-3-2-4-10(7-9)13(15)16/h2-7H,8H2,1H3/b6-5+/t12-/m0/s1. The molecule has 1 saturated heterocycles. The van der Waals surface area contributed by atoms with E-state index in [4.69, 9.17) is 4.74 Å². The molecule has 1 heterocycles. The Balaban J connectivity index is 2.13. The molecule has 0 aromatic heterocycles. The number of ketones is 1. The number of carbonyl (C=O) groups is 1. The van der Waals surface area contributed by atoms with Crippen molar-refractivity contribution in [3.63, 3.8) is 0 Å². The lowest BCUT2D eigenvalue weighted by atomic mass is 10.1. The summed E-state index contributed by atoms with van der Waals surface area (Å²) in [5.74, 6) is -0.121. The van der Waals surface area contributed by atoms with Gasteiger partial charge in [-0.1, -0.05) is 18.2 Å². The minimum atomic E-state index is -0.683. The number of non-ortho nitro benzene ring substituents is 1. The summed E-state index contributed by atoms with van der Waals surface area (Å²) in [5, 5.41) is 10.6. The molecular weight excluding hydrogens is 222 g/mol.